The molecule has 0 aliphatic carbocycles. The van der Waals surface area contributed by atoms with E-state index in [1.54, 1.807) is 0 Å². The van der Waals surface area contributed by atoms with Crippen LogP contribution in [0.2, 0.25) is 0 Å². The fraction of sp³-hybridized carbons (Fsp3) is 1.00. The highest BCUT2D eigenvalue weighted by Gasteiger charge is 2.45. The first-order valence-corrected chi connectivity index (χ1v) is 10.8. The predicted molar refractivity (Wildman–Crippen MR) is 85.8 cm³/mol. The first kappa shape index (κ1) is 25.1. The highest BCUT2D eigenvalue weighted by molar-refractivity contribution is 7.62. The van der Waals surface area contributed by atoms with Crippen LogP contribution >= 0.6 is 15.6 Å². The lowest BCUT2D eigenvalue weighted by Crippen LogP contribution is -2.19. The van der Waals surface area contributed by atoms with Crippen molar-refractivity contribution in [2.24, 2.45) is 0 Å². The summed E-state index contributed by atoms with van der Waals surface area (Å²) in [6, 6.07) is 0. The SMILES string of the molecule is CCC(O)OP(=O)(OC(O)CC)OP(=O)(OC(O)CC)OC(O)CC. The van der Waals surface area contributed by atoms with Gasteiger partial charge in [0.2, 0.25) is 0 Å². The average molecular weight is 410 g/mol. The Balaban J connectivity index is 5.54. The lowest BCUT2D eigenvalue weighted by Gasteiger charge is -2.27. The van der Waals surface area contributed by atoms with Gasteiger partial charge in [0.1, 0.15) is 0 Å². The highest BCUT2D eigenvalue weighted by Crippen LogP contribution is 2.67. The zero-order valence-corrected chi connectivity index (χ0v) is 16.5. The van der Waals surface area contributed by atoms with Crippen molar-refractivity contribution in [3.63, 3.8) is 0 Å². The minimum Gasteiger partial charge on any atom is -0.367 e. The van der Waals surface area contributed by atoms with Crippen LogP contribution < -0.4 is 0 Å². The maximum absolute atomic E-state index is 12.6. The standard InChI is InChI=1S/C12H28O11P2/c1-5-9(13)19-24(17,20-10(14)6-2)23-25(18,21-11(15)7-3)22-12(16)8-4/h9-16H,5-8H2,1-4H3. The van der Waals surface area contributed by atoms with Gasteiger partial charge in [-0.05, 0) is 25.7 Å². The van der Waals surface area contributed by atoms with Crippen LogP contribution in [0, 0.1) is 0 Å². The molecule has 4 N–H and O–H groups in total. The first-order chi connectivity index (χ1) is 11.5. The van der Waals surface area contributed by atoms with Gasteiger partial charge in [-0.15, -0.1) is 0 Å². The van der Waals surface area contributed by atoms with Crippen molar-refractivity contribution in [3.8, 4) is 0 Å². The summed E-state index contributed by atoms with van der Waals surface area (Å²) in [4.78, 5) is 0. The molecule has 4 unspecified atom stereocenters. The highest BCUT2D eigenvalue weighted by atomic mass is 31.3. The van der Waals surface area contributed by atoms with E-state index in [1.165, 1.54) is 27.7 Å². The molecule has 13 heteroatoms. The fourth-order valence-electron chi connectivity index (χ4n) is 1.14. The van der Waals surface area contributed by atoms with Crippen molar-refractivity contribution in [2.45, 2.75) is 78.5 Å². The molecule has 4 atom stereocenters. The van der Waals surface area contributed by atoms with Gasteiger partial charge in [0.15, 0.2) is 25.2 Å². The summed E-state index contributed by atoms with van der Waals surface area (Å²) < 4.78 is 48.7. The third-order valence-electron chi connectivity index (χ3n) is 2.60. The van der Waals surface area contributed by atoms with Gasteiger partial charge in [-0.1, -0.05) is 27.7 Å². The Bertz CT molecular complexity index is 388. The predicted octanol–water partition coefficient (Wildman–Crippen LogP) is 2.20. The van der Waals surface area contributed by atoms with Crippen LogP contribution in [-0.4, -0.2) is 45.6 Å². The van der Waals surface area contributed by atoms with Gasteiger partial charge in [-0.3, -0.25) is 18.1 Å². The molecule has 0 saturated heterocycles. The molecule has 0 saturated carbocycles. The van der Waals surface area contributed by atoms with Crippen LogP contribution in [0.3, 0.4) is 0 Å². The molecule has 0 bridgehead atoms. The smallest absolute Gasteiger partial charge is 0.367 e. The van der Waals surface area contributed by atoms with E-state index in [0.717, 1.165) is 0 Å². The third-order valence-corrected chi connectivity index (χ3v) is 6.21. The normalized spacial score (nSPS) is 21.8. The van der Waals surface area contributed by atoms with Crippen molar-refractivity contribution < 1.29 is 52.0 Å². The van der Waals surface area contributed by atoms with Gasteiger partial charge in [0.25, 0.3) is 0 Å². The fourth-order valence-corrected chi connectivity index (χ4v) is 4.63. The molecule has 0 heterocycles. The largest absolute Gasteiger partial charge is 0.488 e. The van der Waals surface area contributed by atoms with E-state index in [0.29, 0.717) is 0 Å². The Hall–Kier alpha value is 0.1000. The topological polar surface area (TPSA) is 161 Å². The van der Waals surface area contributed by atoms with E-state index >= 15 is 0 Å². The monoisotopic (exact) mass is 410 g/mol. The number of hydrogen-bond acceptors (Lipinski definition) is 11. The average Bonchev–Trinajstić information content (AvgIpc) is 2.52. The lowest BCUT2D eigenvalue weighted by atomic mass is 10.5. The van der Waals surface area contributed by atoms with E-state index < -0.39 is 40.8 Å². The molecule has 152 valence electrons. The summed E-state index contributed by atoms with van der Waals surface area (Å²) in [6.45, 7) is 5.94. The Kier molecular flexibility index (Phi) is 11.8. The summed E-state index contributed by atoms with van der Waals surface area (Å²) in [7, 11) is -9.71. The van der Waals surface area contributed by atoms with Crippen LogP contribution in [0.1, 0.15) is 53.4 Å². The van der Waals surface area contributed by atoms with Gasteiger partial charge >= 0.3 is 15.6 Å². The van der Waals surface area contributed by atoms with Gasteiger partial charge < -0.3 is 20.4 Å². The molecular formula is C12H28O11P2. The molecule has 0 aliphatic heterocycles. The number of phosphoric ester groups is 2. The number of phosphoric acid groups is 2. The van der Waals surface area contributed by atoms with E-state index in [1.807, 2.05) is 0 Å². The molecule has 25 heavy (non-hydrogen) atoms. The Morgan fingerprint density at radius 1 is 0.600 bits per heavy atom. The molecule has 0 radical (unpaired) electrons. The van der Waals surface area contributed by atoms with Gasteiger partial charge in [-0.2, -0.15) is 4.31 Å². The van der Waals surface area contributed by atoms with E-state index in [-0.39, 0.29) is 25.7 Å². The zero-order chi connectivity index (χ0) is 19.7. The van der Waals surface area contributed by atoms with Crippen LogP contribution in [0.5, 0.6) is 0 Å². The summed E-state index contributed by atoms with van der Waals surface area (Å²) in [5, 5.41) is 38.1. The molecule has 0 aliphatic rings. The Morgan fingerprint density at radius 3 is 0.960 bits per heavy atom. The number of aliphatic hydroxyl groups excluding tert-OH is 4. The minimum atomic E-state index is -4.85. The van der Waals surface area contributed by atoms with Gasteiger partial charge in [-0.25, -0.2) is 9.13 Å². The molecule has 0 fully saturated rings. The zero-order valence-electron chi connectivity index (χ0n) is 14.7. The van der Waals surface area contributed by atoms with Crippen LogP contribution in [-0.2, 0) is 31.5 Å². The van der Waals surface area contributed by atoms with Crippen LogP contribution in [0.25, 0.3) is 0 Å². The second-order valence-corrected chi connectivity index (χ2v) is 8.13. The molecule has 0 amide bonds. The Labute approximate surface area is 147 Å². The van der Waals surface area contributed by atoms with Gasteiger partial charge in [0.05, 0.1) is 0 Å². The van der Waals surface area contributed by atoms with Crippen LogP contribution in [0.4, 0.5) is 0 Å². The second kappa shape index (κ2) is 11.7. The summed E-state index contributed by atoms with van der Waals surface area (Å²) in [6.07, 6.45) is -6.63. The molecule has 0 rings (SSSR count). The Morgan fingerprint density at radius 2 is 0.800 bits per heavy atom. The van der Waals surface area contributed by atoms with E-state index in [9.17, 15) is 29.6 Å². The molecule has 0 spiro atoms. The van der Waals surface area contributed by atoms with Crippen LogP contribution in [0.15, 0.2) is 0 Å². The number of rotatable bonds is 14. The lowest BCUT2D eigenvalue weighted by molar-refractivity contribution is -0.100. The molecule has 0 aromatic rings. The quantitative estimate of drug-likeness (QED) is 0.245. The maximum atomic E-state index is 12.6. The van der Waals surface area contributed by atoms with Gasteiger partial charge in [0, 0.05) is 0 Å². The number of hydrogen-bond donors (Lipinski definition) is 4. The summed E-state index contributed by atoms with van der Waals surface area (Å²) in [5.41, 5.74) is 0. The maximum Gasteiger partial charge on any atom is 0.488 e. The van der Waals surface area contributed by atoms with Crippen molar-refractivity contribution in [2.75, 3.05) is 0 Å². The minimum absolute atomic E-state index is 0.0277. The van der Waals surface area contributed by atoms with Crippen molar-refractivity contribution in [3.05, 3.63) is 0 Å². The molecular weight excluding hydrogens is 382 g/mol. The second-order valence-electron chi connectivity index (χ2n) is 4.85. The van der Waals surface area contributed by atoms with Crippen molar-refractivity contribution >= 4 is 15.6 Å². The molecule has 11 nitrogen and oxygen atoms in total. The molecule has 0 aromatic heterocycles. The molecule has 0 aromatic carbocycles. The number of aliphatic hydroxyl groups is 4. The van der Waals surface area contributed by atoms with E-state index in [4.69, 9.17) is 22.4 Å². The summed E-state index contributed by atoms with van der Waals surface area (Å²) >= 11 is 0. The van der Waals surface area contributed by atoms with Crippen molar-refractivity contribution in [1.82, 2.24) is 0 Å². The van der Waals surface area contributed by atoms with E-state index in [2.05, 4.69) is 0 Å². The van der Waals surface area contributed by atoms with Crippen molar-refractivity contribution in [1.29, 1.82) is 0 Å². The third kappa shape index (κ3) is 10.1. The first-order valence-electron chi connectivity index (χ1n) is 7.90. The summed E-state index contributed by atoms with van der Waals surface area (Å²) in [5.74, 6) is 0.